The molecule has 4 nitrogen and oxygen atoms in total. The molecule has 1 rings (SSSR count). The summed E-state index contributed by atoms with van der Waals surface area (Å²) in [4.78, 5) is 21.6. The largest absolute Gasteiger partial charge is 0.421 e. The lowest BCUT2D eigenvalue weighted by Crippen LogP contribution is -2.14. The molecule has 0 spiro atoms. The predicted molar refractivity (Wildman–Crippen MR) is 51.6 cm³/mol. The Labute approximate surface area is 87.8 Å². The minimum Gasteiger partial charge on any atom is -0.421 e. The minimum atomic E-state index is -0.977. The van der Waals surface area contributed by atoms with Gasteiger partial charge in [-0.3, -0.25) is 9.59 Å². The number of rotatable bonds is 3. The summed E-state index contributed by atoms with van der Waals surface area (Å²) in [5.41, 5.74) is 0.596. The predicted octanol–water partition coefficient (Wildman–Crippen LogP) is 1.61. The Kier molecular flexibility index (Phi) is 3.85. The van der Waals surface area contributed by atoms with Gasteiger partial charge in [0.1, 0.15) is 0 Å². The first-order valence-electron chi connectivity index (χ1n) is 4.40. The molecule has 0 heterocycles. The van der Waals surface area contributed by atoms with E-state index in [1.165, 1.54) is 13.8 Å². The first-order chi connectivity index (χ1) is 7.09. The number of benzene rings is 1. The summed E-state index contributed by atoms with van der Waals surface area (Å²) in [5, 5.41) is 0. The number of esters is 2. The van der Waals surface area contributed by atoms with E-state index in [1.54, 1.807) is 24.3 Å². The van der Waals surface area contributed by atoms with Crippen LogP contribution in [0.25, 0.3) is 0 Å². The Morgan fingerprint density at radius 1 is 1.13 bits per heavy atom. The van der Waals surface area contributed by atoms with Crippen LogP contribution < -0.4 is 0 Å². The van der Waals surface area contributed by atoms with Crippen molar-refractivity contribution < 1.29 is 19.1 Å². The molecule has 1 aromatic carbocycles. The normalized spacial score (nSPS) is 9.80. The monoisotopic (exact) mass is 207 g/mol. The average molecular weight is 207 g/mol. The SMILES string of the molecule is CC(=O)OC(OC(C)=O)c1cc[c]cc1. The molecule has 0 amide bonds. The van der Waals surface area contributed by atoms with Crippen LogP contribution in [0.4, 0.5) is 0 Å². The molecule has 1 aromatic rings. The molecule has 0 atom stereocenters. The number of carbonyl (C=O) groups is 2. The molecule has 1 radical (unpaired) electrons. The minimum absolute atomic E-state index is 0.505. The summed E-state index contributed by atoms with van der Waals surface area (Å²) < 4.78 is 9.70. The Balaban J connectivity index is 2.81. The highest BCUT2D eigenvalue weighted by molar-refractivity contribution is 5.68. The van der Waals surface area contributed by atoms with Gasteiger partial charge in [0.15, 0.2) is 0 Å². The van der Waals surface area contributed by atoms with Crippen LogP contribution in [0.1, 0.15) is 25.7 Å². The standard InChI is InChI=1S/C11H11O4/c1-8(12)14-11(15-9(2)13)10-6-4-3-5-7-10/h4-7,11H,1-2H3. The maximum atomic E-state index is 10.8. The molecule has 0 saturated heterocycles. The molecular weight excluding hydrogens is 196 g/mol. The number of hydrogen-bond acceptors (Lipinski definition) is 4. The molecule has 15 heavy (non-hydrogen) atoms. The van der Waals surface area contributed by atoms with Gasteiger partial charge in [-0.15, -0.1) is 0 Å². The molecular formula is C11H11O4. The molecule has 0 aliphatic carbocycles. The van der Waals surface area contributed by atoms with Crippen molar-refractivity contribution in [3.63, 3.8) is 0 Å². The fraction of sp³-hybridized carbons (Fsp3) is 0.273. The van der Waals surface area contributed by atoms with Crippen LogP contribution >= 0.6 is 0 Å². The van der Waals surface area contributed by atoms with Crippen molar-refractivity contribution in [1.29, 1.82) is 0 Å². The lowest BCUT2D eigenvalue weighted by atomic mass is 10.2. The summed E-state index contributed by atoms with van der Waals surface area (Å²) in [6.07, 6.45) is -0.977. The fourth-order valence-electron chi connectivity index (χ4n) is 1.02. The molecule has 0 aliphatic rings. The van der Waals surface area contributed by atoms with Gasteiger partial charge in [0.25, 0.3) is 6.29 Å². The van der Waals surface area contributed by atoms with Crippen molar-refractivity contribution in [3.05, 3.63) is 35.9 Å². The van der Waals surface area contributed by atoms with E-state index < -0.39 is 18.2 Å². The van der Waals surface area contributed by atoms with Crippen LogP contribution in [-0.4, -0.2) is 11.9 Å². The van der Waals surface area contributed by atoms with Crippen LogP contribution in [0.2, 0.25) is 0 Å². The Morgan fingerprint density at radius 3 is 2.00 bits per heavy atom. The number of hydrogen-bond donors (Lipinski definition) is 0. The molecule has 0 saturated carbocycles. The maximum absolute atomic E-state index is 10.8. The molecule has 0 N–H and O–H groups in total. The van der Waals surface area contributed by atoms with Crippen LogP contribution in [0.3, 0.4) is 0 Å². The van der Waals surface area contributed by atoms with E-state index in [-0.39, 0.29) is 0 Å². The molecule has 4 heteroatoms. The fourth-order valence-corrected chi connectivity index (χ4v) is 1.02. The van der Waals surface area contributed by atoms with Crippen molar-refractivity contribution in [2.75, 3.05) is 0 Å². The van der Waals surface area contributed by atoms with Crippen molar-refractivity contribution in [3.8, 4) is 0 Å². The summed E-state index contributed by atoms with van der Waals surface area (Å²) in [6, 6.07) is 9.44. The third-order valence-electron chi connectivity index (χ3n) is 1.56. The average Bonchev–Trinajstić information content (AvgIpc) is 2.17. The first-order valence-corrected chi connectivity index (χ1v) is 4.40. The second kappa shape index (κ2) is 5.14. The van der Waals surface area contributed by atoms with Crippen LogP contribution in [0.5, 0.6) is 0 Å². The first kappa shape index (κ1) is 11.2. The van der Waals surface area contributed by atoms with Gasteiger partial charge in [0.2, 0.25) is 0 Å². The van der Waals surface area contributed by atoms with Gasteiger partial charge in [0.05, 0.1) is 0 Å². The highest BCUT2D eigenvalue weighted by atomic mass is 16.7. The third kappa shape index (κ3) is 3.81. The Morgan fingerprint density at radius 2 is 1.60 bits per heavy atom. The summed E-state index contributed by atoms with van der Waals surface area (Å²) >= 11 is 0. The maximum Gasteiger partial charge on any atom is 0.305 e. The van der Waals surface area contributed by atoms with Crippen LogP contribution in [-0.2, 0) is 19.1 Å². The molecule has 0 fully saturated rings. The van der Waals surface area contributed by atoms with E-state index in [2.05, 4.69) is 6.07 Å². The van der Waals surface area contributed by atoms with E-state index in [0.29, 0.717) is 5.56 Å². The smallest absolute Gasteiger partial charge is 0.305 e. The second-order valence-electron chi connectivity index (χ2n) is 2.88. The zero-order chi connectivity index (χ0) is 11.3. The number of ether oxygens (including phenoxy) is 2. The Hall–Kier alpha value is -1.84. The van der Waals surface area contributed by atoms with Gasteiger partial charge in [-0.1, -0.05) is 24.3 Å². The quantitative estimate of drug-likeness (QED) is 0.558. The summed E-state index contributed by atoms with van der Waals surface area (Å²) in [7, 11) is 0. The molecule has 0 bridgehead atoms. The zero-order valence-electron chi connectivity index (χ0n) is 8.52. The molecule has 0 aromatic heterocycles. The third-order valence-corrected chi connectivity index (χ3v) is 1.56. The van der Waals surface area contributed by atoms with E-state index in [0.717, 1.165) is 0 Å². The second-order valence-corrected chi connectivity index (χ2v) is 2.88. The van der Waals surface area contributed by atoms with Gasteiger partial charge in [0, 0.05) is 19.4 Å². The van der Waals surface area contributed by atoms with Gasteiger partial charge in [-0.2, -0.15) is 0 Å². The van der Waals surface area contributed by atoms with Crippen LogP contribution in [0.15, 0.2) is 24.3 Å². The lowest BCUT2D eigenvalue weighted by Gasteiger charge is -2.16. The lowest BCUT2D eigenvalue weighted by molar-refractivity contribution is -0.186. The summed E-state index contributed by atoms with van der Waals surface area (Å²) in [5.74, 6) is -1.01. The molecule has 0 unspecified atom stereocenters. The van der Waals surface area contributed by atoms with Crippen molar-refractivity contribution in [2.24, 2.45) is 0 Å². The van der Waals surface area contributed by atoms with E-state index in [1.807, 2.05) is 0 Å². The van der Waals surface area contributed by atoms with E-state index in [4.69, 9.17) is 9.47 Å². The van der Waals surface area contributed by atoms with Gasteiger partial charge >= 0.3 is 11.9 Å². The Bertz CT molecular complexity index is 329. The van der Waals surface area contributed by atoms with Crippen molar-refractivity contribution in [1.82, 2.24) is 0 Å². The molecule has 0 aliphatic heterocycles. The molecule has 79 valence electrons. The zero-order valence-corrected chi connectivity index (χ0v) is 8.52. The van der Waals surface area contributed by atoms with Crippen LogP contribution in [0, 0.1) is 6.07 Å². The topological polar surface area (TPSA) is 52.6 Å². The van der Waals surface area contributed by atoms with Gasteiger partial charge in [-0.05, 0) is 6.07 Å². The van der Waals surface area contributed by atoms with Crippen molar-refractivity contribution in [2.45, 2.75) is 20.1 Å². The highest BCUT2D eigenvalue weighted by Crippen LogP contribution is 2.18. The van der Waals surface area contributed by atoms with E-state index in [9.17, 15) is 9.59 Å². The highest BCUT2D eigenvalue weighted by Gasteiger charge is 2.16. The number of carbonyl (C=O) groups excluding carboxylic acids is 2. The van der Waals surface area contributed by atoms with Gasteiger partial charge in [-0.25, -0.2) is 0 Å². The van der Waals surface area contributed by atoms with Gasteiger partial charge < -0.3 is 9.47 Å². The summed E-state index contributed by atoms with van der Waals surface area (Å²) in [6.45, 7) is 2.51. The van der Waals surface area contributed by atoms with E-state index >= 15 is 0 Å². The van der Waals surface area contributed by atoms with Crippen molar-refractivity contribution >= 4 is 11.9 Å².